The third-order valence-electron chi connectivity index (χ3n) is 4.86. The van der Waals surface area contributed by atoms with Crippen LogP contribution in [0.3, 0.4) is 0 Å². The van der Waals surface area contributed by atoms with Gasteiger partial charge in [0.1, 0.15) is 0 Å². The third-order valence-corrected chi connectivity index (χ3v) is 5.39. The summed E-state index contributed by atoms with van der Waals surface area (Å²) in [7, 11) is 4.35. The molecule has 0 saturated heterocycles. The molecule has 21 heavy (non-hydrogen) atoms. The van der Waals surface area contributed by atoms with Crippen molar-refractivity contribution in [2.24, 2.45) is 11.3 Å². The molecule has 0 aromatic heterocycles. The van der Waals surface area contributed by atoms with E-state index in [-0.39, 0.29) is 0 Å². The van der Waals surface area contributed by atoms with E-state index in [4.69, 9.17) is 0 Å². The minimum atomic E-state index is 0.464. The lowest BCUT2D eigenvalue weighted by molar-refractivity contribution is 0.0979. The fourth-order valence-corrected chi connectivity index (χ4v) is 3.93. The van der Waals surface area contributed by atoms with Crippen LogP contribution >= 0.6 is 15.9 Å². The van der Waals surface area contributed by atoms with Crippen molar-refractivity contribution in [3.05, 3.63) is 34.3 Å². The summed E-state index contributed by atoms with van der Waals surface area (Å²) in [5.41, 5.74) is 1.86. The Bertz CT molecular complexity index is 421. The first-order chi connectivity index (χ1) is 10.0. The number of hydrogen-bond donors (Lipinski definition) is 1. The van der Waals surface area contributed by atoms with Gasteiger partial charge < -0.3 is 10.2 Å². The maximum Gasteiger partial charge on any atom is 0.0230 e. The van der Waals surface area contributed by atoms with Crippen molar-refractivity contribution >= 4 is 15.9 Å². The number of nitrogens with one attached hydrogen (secondary N) is 1. The number of rotatable bonds is 6. The molecule has 1 aliphatic rings. The molecule has 0 radical (unpaired) electrons. The first kappa shape index (κ1) is 17.0. The summed E-state index contributed by atoms with van der Waals surface area (Å²) < 4.78 is 1.15. The molecule has 1 N–H and O–H groups in total. The van der Waals surface area contributed by atoms with Crippen molar-refractivity contribution < 1.29 is 0 Å². The number of benzene rings is 1. The highest BCUT2D eigenvalue weighted by Gasteiger charge is 2.34. The zero-order chi connectivity index (χ0) is 15.3. The van der Waals surface area contributed by atoms with Gasteiger partial charge in [0, 0.05) is 24.1 Å². The van der Waals surface area contributed by atoms with E-state index in [1.807, 2.05) is 0 Å². The lowest BCUT2D eigenvalue weighted by Crippen LogP contribution is -2.44. The Hall–Kier alpha value is -0.380. The summed E-state index contributed by atoms with van der Waals surface area (Å²) in [6, 6.07) is 8.70. The van der Waals surface area contributed by atoms with Crippen molar-refractivity contribution in [3.8, 4) is 0 Å². The topological polar surface area (TPSA) is 15.3 Å². The highest BCUT2D eigenvalue weighted by atomic mass is 79.9. The van der Waals surface area contributed by atoms with Gasteiger partial charge >= 0.3 is 0 Å². The minimum Gasteiger partial charge on any atom is -0.319 e. The summed E-state index contributed by atoms with van der Waals surface area (Å²) >= 11 is 3.50. The van der Waals surface area contributed by atoms with Gasteiger partial charge in [-0.2, -0.15) is 0 Å². The van der Waals surface area contributed by atoms with Gasteiger partial charge in [0.2, 0.25) is 0 Å². The van der Waals surface area contributed by atoms with Crippen LogP contribution in [0.5, 0.6) is 0 Å². The largest absolute Gasteiger partial charge is 0.319 e. The number of halogens is 1. The van der Waals surface area contributed by atoms with Crippen LogP contribution in [0.4, 0.5) is 0 Å². The van der Waals surface area contributed by atoms with Crippen LogP contribution in [-0.4, -0.2) is 32.1 Å². The fourth-order valence-electron chi connectivity index (χ4n) is 3.67. The number of nitrogens with zero attached hydrogens (tertiary/aromatic N) is 1. The lowest BCUT2D eigenvalue weighted by atomic mass is 9.70. The average Bonchev–Trinajstić information content (AvgIpc) is 2.45. The smallest absolute Gasteiger partial charge is 0.0230 e. The van der Waals surface area contributed by atoms with Crippen LogP contribution in [0.1, 0.15) is 38.2 Å². The van der Waals surface area contributed by atoms with E-state index in [0.717, 1.165) is 23.5 Å². The molecule has 0 spiro atoms. The first-order valence-electron chi connectivity index (χ1n) is 8.11. The van der Waals surface area contributed by atoms with Crippen LogP contribution in [0, 0.1) is 11.3 Å². The maximum absolute atomic E-state index is 3.50. The second kappa shape index (κ2) is 7.75. The zero-order valence-electron chi connectivity index (χ0n) is 13.7. The standard InChI is InChI=1S/C18H29BrN2/c1-15-8-10-18(11-9-15,13-20-2)14-21(3)12-16-4-6-17(19)7-5-16/h4-7,15,20H,8-14H2,1-3H3. The molecular formula is C18H29BrN2. The van der Waals surface area contributed by atoms with E-state index in [1.54, 1.807) is 0 Å². The molecule has 0 aliphatic heterocycles. The van der Waals surface area contributed by atoms with Crippen LogP contribution in [0.2, 0.25) is 0 Å². The second-order valence-corrected chi connectivity index (χ2v) is 7.93. The summed E-state index contributed by atoms with van der Waals surface area (Å²) in [4.78, 5) is 2.50. The fraction of sp³-hybridized carbons (Fsp3) is 0.667. The van der Waals surface area contributed by atoms with Gasteiger partial charge in [0.15, 0.2) is 0 Å². The molecule has 1 saturated carbocycles. The van der Waals surface area contributed by atoms with E-state index < -0.39 is 0 Å². The summed E-state index contributed by atoms with van der Waals surface area (Å²) in [6.07, 6.45) is 5.49. The first-order valence-corrected chi connectivity index (χ1v) is 8.90. The molecule has 1 aliphatic carbocycles. The van der Waals surface area contributed by atoms with Crippen molar-refractivity contribution in [3.63, 3.8) is 0 Å². The molecule has 0 unspecified atom stereocenters. The van der Waals surface area contributed by atoms with Crippen LogP contribution in [-0.2, 0) is 6.54 Å². The Balaban J connectivity index is 1.94. The summed E-state index contributed by atoms with van der Waals surface area (Å²) in [6.45, 7) is 5.77. The summed E-state index contributed by atoms with van der Waals surface area (Å²) in [5, 5.41) is 3.44. The SMILES string of the molecule is CNCC1(CN(C)Cc2ccc(Br)cc2)CCC(C)CC1. The predicted octanol–water partition coefficient (Wildman–Crippen LogP) is 4.30. The maximum atomic E-state index is 3.50. The predicted molar refractivity (Wildman–Crippen MR) is 94.5 cm³/mol. The normalized spacial score (nSPS) is 26.2. The third kappa shape index (κ3) is 5.08. The second-order valence-electron chi connectivity index (χ2n) is 7.01. The van der Waals surface area contributed by atoms with Crippen molar-refractivity contribution in [1.82, 2.24) is 10.2 Å². The van der Waals surface area contributed by atoms with Gasteiger partial charge in [-0.1, -0.05) is 47.8 Å². The Morgan fingerprint density at radius 3 is 2.43 bits per heavy atom. The van der Waals surface area contributed by atoms with E-state index in [2.05, 4.69) is 71.4 Å². The van der Waals surface area contributed by atoms with Crippen molar-refractivity contribution in [2.75, 3.05) is 27.2 Å². The van der Waals surface area contributed by atoms with Crippen molar-refractivity contribution in [2.45, 2.75) is 39.2 Å². The molecule has 2 nitrogen and oxygen atoms in total. The molecule has 1 fully saturated rings. The zero-order valence-corrected chi connectivity index (χ0v) is 15.2. The Morgan fingerprint density at radius 1 is 1.24 bits per heavy atom. The summed E-state index contributed by atoms with van der Waals surface area (Å²) in [5.74, 6) is 0.909. The molecule has 0 heterocycles. The van der Waals surface area contributed by atoms with Crippen LogP contribution < -0.4 is 5.32 Å². The van der Waals surface area contributed by atoms with Gasteiger partial charge in [-0.05, 0) is 56.0 Å². The monoisotopic (exact) mass is 352 g/mol. The van der Waals surface area contributed by atoms with Gasteiger partial charge in [0.25, 0.3) is 0 Å². The van der Waals surface area contributed by atoms with Crippen LogP contribution in [0.25, 0.3) is 0 Å². The van der Waals surface area contributed by atoms with Gasteiger partial charge in [-0.25, -0.2) is 0 Å². The Kier molecular flexibility index (Phi) is 6.27. The van der Waals surface area contributed by atoms with E-state index >= 15 is 0 Å². The van der Waals surface area contributed by atoms with E-state index in [9.17, 15) is 0 Å². The van der Waals surface area contributed by atoms with Crippen LogP contribution in [0.15, 0.2) is 28.7 Å². The molecule has 1 aromatic rings. The number of hydrogen-bond acceptors (Lipinski definition) is 2. The van der Waals surface area contributed by atoms with Crippen molar-refractivity contribution in [1.29, 1.82) is 0 Å². The van der Waals surface area contributed by atoms with E-state index in [1.165, 1.54) is 37.8 Å². The lowest BCUT2D eigenvalue weighted by Gasteiger charge is -2.42. The molecule has 2 rings (SSSR count). The minimum absolute atomic E-state index is 0.464. The molecular weight excluding hydrogens is 324 g/mol. The average molecular weight is 353 g/mol. The van der Waals surface area contributed by atoms with Gasteiger partial charge in [0.05, 0.1) is 0 Å². The quantitative estimate of drug-likeness (QED) is 0.820. The highest BCUT2D eigenvalue weighted by molar-refractivity contribution is 9.10. The van der Waals surface area contributed by atoms with Gasteiger partial charge in [-0.15, -0.1) is 0 Å². The molecule has 0 atom stereocenters. The molecule has 1 aromatic carbocycles. The highest BCUT2D eigenvalue weighted by Crippen LogP contribution is 2.39. The Labute approximate surface area is 138 Å². The molecule has 118 valence electrons. The Morgan fingerprint density at radius 2 is 1.86 bits per heavy atom. The van der Waals surface area contributed by atoms with E-state index in [0.29, 0.717) is 5.41 Å². The molecule has 3 heteroatoms. The molecule has 0 amide bonds. The molecule has 0 bridgehead atoms. The van der Waals surface area contributed by atoms with Gasteiger partial charge in [-0.3, -0.25) is 0 Å².